The maximum absolute atomic E-state index is 13.1. The number of ether oxygens (including phenoxy) is 3. The number of amides is 2. The number of hydrogen-bond donors (Lipinski definition) is 1. The van der Waals surface area contributed by atoms with Gasteiger partial charge in [0.25, 0.3) is 5.91 Å². The summed E-state index contributed by atoms with van der Waals surface area (Å²) in [7, 11) is 0. The first kappa shape index (κ1) is 21.4. The Morgan fingerprint density at radius 3 is 2.45 bits per heavy atom. The number of para-hydroxylation sites is 4. The van der Waals surface area contributed by atoms with Crippen LogP contribution in [0.4, 0.5) is 5.69 Å². The Morgan fingerprint density at radius 1 is 0.909 bits per heavy atom. The molecule has 174 valence electrons. The number of nitrogens with zero attached hydrogens (tertiary/aromatic N) is 2. The molecule has 0 spiro atoms. The van der Waals surface area contributed by atoms with Crippen molar-refractivity contribution in [2.24, 2.45) is 0 Å². The average Bonchev–Trinajstić information content (AvgIpc) is 2.87. The molecule has 33 heavy (non-hydrogen) atoms. The van der Waals surface area contributed by atoms with Gasteiger partial charge in [-0.05, 0) is 43.5 Å². The molecule has 3 aliphatic heterocycles. The van der Waals surface area contributed by atoms with Crippen LogP contribution >= 0.6 is 0 Å². The van der Waals surface area contributed by atoms with Crippen molar-refractivity contribution in [2.75, 3.05) is 44.2 Å². The molecule has 1 N–H and O–H groups in total. The summed E-state index contributed by atoms with van der Waals surface area (Å²) in [5.41, 5.74) is 0.821. The predicted octanol–water partition coefficient (Wildman–Crippen LogP) is 2.22. The Morgan fingerprint density at radius 2 is 1.64 bits per heavy atom. The number of anilines is 1. The van der Waals surface area contributed by atoms with Gasteiger partial charge < -0.3 is 29.3 Å². The fraction of sp³-hybridized carbons (Fsp3) is 0.440. The van der Waals surface area contributed by atoms with Crippen molar-refractivity contribution in [3.8, 4) is 17.2 Å². The van der Waals surface area contributed by atoms with Crippen LogP contribution in [0.1, 0.15) is 19.3 Å². The number of nitrogens with one attached hydrogen (secondary N) is 1. The van der Waals surface area contributed by atoms with Crippen LogP contribution in [-0.2, 0) is 9.59 Å². The normalized spacial score (nSPS) is 21.6. The highest BCUT2D eigenvalue weighted by atomic mass is 16.6. The van der Waals surface area contributed by atoms with E-state index in [9.17, 15) is 9.59 Å². The molecule has 2 atom stereocenters. The molecule has 0 unspecified atom stereocenters. The van der Waals surface area contributed by atoms with Gasteiger partial charge in [-0.15, -0.1) is 0 Å². The minimum atomic E-state index is -0.614. The van der Waals surface area contributed by atoms with E-state index >= 15 is 0 Å². The van der Waals surface area contributed by atoms with Gasteiger partial charge in [-0.25, -0.2) is 0 Å². The molecule has 0 bridgehead atoms. The standard InChI is InChI=1S/C25H29N3O5/c29-24(26-14-18-17-31-21-10-4-5-11-22(21)32-18)16-28-15-23(25(30)27-12-6-1-7-13-27)33-20-9-3-2-8-19(20)28/h2-5,8-11,18,23H,1,6-7,12-17H2,(H,26,29)/t18-,23-/m0/s1. The molecule has 0 aliphatic carbocycles. The van der Waals surface area contributed by atoms with E-state index in [1.165, 1.54) is 0 Å². The van der Waals surface area contributed by atoms with Crippen molar-refractivity contribution in [3.05, 3.63) is 48.5 Å². The van der Waals surface area contributed by atoms with Gasteiger partial charge in [0.2, 0.25) is 5.91 Å². The lowest BCUT2D eigenvalue weighted by molar-refractivity contribution is -0.139. The Bertz CT molecular complexity index is 1010. The van der Waals surface area contributed by atoms with Crippen LogP contribution in [0.25, 0.3) is 0 Å². The van der Waals surface area contributed by atoms with E-state index in [0.29, 0.717) is 31.2 Å². The second-order valence-corrected chi connectivity index (χ2v) is 8.64. The van der Waals surface area contributed by atoms with Crippen molar-refractivity contribution < 1.29 is 23.8 Å². The quantitative estimate of drug-likeness (QED) is 0.751. The lowest BCUT2D eigenvalue weighted by Gasteiger charge is -2.38. The minimum Gasteiger partial charge on any atom is -0.486 e. The van der Waals surface area contributed by atoms with E-state index in [2.05, 4.69) is 5.32 Å². The molecule has 2 aromatic carbocycles. The fourth-order valence-electron chi connectivity index (χ4n) is 4.52. The summed E-state index contributed by atoms with van der Waals surface area (Å²) in [5, 5.41) is 2.95. The van der Waals surface area contributed by atoms with Gasteiger partial charge in [0.15, 0.2) is 17.6 Å². The van der Waals surface area contributed by atoms with Crippen molar-refractivity contribution in [2.45, 2.75) is 31.5 Å². The number of hydrogen-bond acceptors (Lipinski definition) is 6. The number of rotatable bonds is 5. The molecule has 3 heterocycles. The summed E-state index contributed by atoms with van der Waals surface area (Å²) >= 11 is 0. The second-order valence-electron chi connectivity index (χ2n) is 8.64. The molecule has 1 saturated heterocycles. The predicted molar refractivity (Wildman–Crippen MR) is 123 cm³/mol. The molecule has 5 rings (SSSR count). The molecule has 8 heteroatoms. The first-order chi connectivity index (χ1) is 16.2. The van der Waals surface area contributed by atoms with Gasteiger partial charge in [0, 0.05) is 13.1 Å². The first-order valence-corrected chi connectivity index (χ1v) is 11.6. The summed E-state index contributed by atoms with van der Waals surface area (Å²) in [5.74, 6) is 1.89. The van der Waals surface area contributed by atoms with Crippen LogP contribution in [0.3, 0.4) is 0 Å². The number of carbonyl (C=O) groups excluding carboxylic acids is 2. The molecule has 2 amide bonds. The zero-order valence-electron chi connectivity index (χ0n) is 18.6. The van der Waals surface area contributed by atoms with Gasteiger partial charge in [0.1, 0.15) is 18.5 Å². The Hall–Kier alpha value is -3.42. The first-order valence-electron chi connectivity index (χ1n) is 11.6. The Kier molecular flexibility index (Phi) is 6.24. The smallest absolute Gasteiger partial charge is 0.265 e. The lowest BCUT2D eigenvalue weighted by atomic mass is 10.1. The molecular formula is C25H29N3O5. The van der Waals surface area contributed by atoms with Gasteiger partial charge in [-0.1, -0.05) is 24.3 Å². The summed E-state index contributed by atoms with van der Waals surface area (Å²) in [4.78, 5) is 29.7. The van der Waals surface area contributed by atoms with Crippen LogP contribution in [0.15, 0.2) is 48.5 Å². The highest BCUT2D eigenvalue weighted by molar-refractivity contribution is 5.86. The molecular weight excluding hydrogens is 422 g/mol. The lowest BCUT2D eigenvalue weighted by Crippen LogP contribution is -2.53. The van der Waals surface area contributed by atoms with E-state index in [1.54, 1.807) is 0 Å². The monoisotopic (exact) mass is 451 g/mol. The molecule has 2 aromatic rings. The van der Waals surface area contributed by atoms with Crippen LogP contribution in [0.5, 0.6) is 17.2 Å². The maximum atomic E-state index is 13.1. The largest absolute Gasteiger partial charge is 0.486 e. The summed E-state index contributed by atoms with van der Waals surface area (Å²) in [6.07, 6.45) is 2.34. The SMILES string of the molecule is O=C(CN1C[C@@H](C(=O)N2CCCCC2)Oc2ccccc21)NC[C@H]1COc2ccccc2O1. The minimum absolute atomic E-state index is 0.000955. The summed E-state index contributed by atoms with van der Waals surface area (Å²) < 4.78 is 17.7. The highest BCUT2D eigenvalue weighted by Gasteiger charge is 2.34. The molecule has 0 saturated carbocycles. The third-order valence-corrected chi connectivity index (χ3v) is 6.23. The van der Waals surface area contributed by atoms with Gasteiger partial charge >= 0.3 is 0 Å². The zero-order valence-corrected chi connectivity index (χ0v) is 18.6. The third-order valence-electron chi connectivity index (χ3n) is 6.23. The number of benzene rings is 2. The molecule has 0 radical (unpaired) electrons. The number of piperidine rings is 1. The van der Waals surface area contributed by atoms with Gasteiger partial charge in [0.05, 0.1) is 25.3 Å². The highest BCUT2D eigenvalue weighted by Crippen LogP contribution is 2.34. The van der Waals surface area contributed by atoms with Crippen molar-refractivity contribution in [3.63, 3.8) is 0 Å². The molecule has 3 aliphatic rings. The number of likely N-dealkylation sites (tertiary alicyclic amines) is 1. The molecule has 1 fully saturated rings. The van der Waals surface area contributed by atoms with E-state index in [1.807, 2.05) is 58.3 Å². The van der Waals surface area contributed by atoms with Crippen molar-refractivity contribution >= 4 is 17.5 Å². The van der Waals surface area contributed by atoms with Crippen molar-refractivity contribution in [1.29, 1.82) is 0 Å². The zero-order chi connectivity index (χ0) is 22.6. The second kappa shape index (κ2) is 9.60. The summed E-state index contributed by atoms with van der Waals surface area (Å²) in [6.45, 7) is 2.74. The molecule has 0 aromatic heterocycles. The number of fused-ring (bicyclic) bond motifs is 2. The van der Waals surface area contributed by atoms with Crippen LogP contribution in [0.2, 0.25) is 0 Å². The number of carbonyl (C=O) groups is 2. The van der Waals surface area contributed by atoms with Gasteiger partial charge in [-0.3, -0.25) is 9.59 Å². The van der Waals surface area contributed by atoms with Crippen LogP contribution < -0.4 is 24.4 Å². The molecule has 8 nitrogen and oxygen atoms in total. The van der Waals surface area contributed by atoms with E-state index in [4.69, 9.17) is 14.2 Å². The van der Waals surface area contributed by atoms with Crippen LogP contribution in [0, 0.1) is 0 Å². The van der Waals surface area contributed by atoms with E-state index in [-0.39, 0.29) is 24.5 Å². The van der Waals surface area contributed by atoms with Gasteiger partial charge in [-0.2, -0.15) is 0 Å². The Balaban J connectivity index is 1.20. The Labute approximate surface area is 193 Å². The average molecular weight is 452 g/mol. The fourth-order valence-corrected chi connectivity index (χ4v) is 4.52. The van der Waals surface area contributed by atoms with Crippen LogP contribution in [-0.4, -0.2) is 68.3 Å². The third kappa shape index (κ3) is 4.84. The van der Waals surface area contributed by atoms with Crippen molar-refractivity contribution in [1.82, 2.24) is 10.2 Å². The van der Waals surface area contributed by atoms with E-state index < -0.39 is 6.10 Å². The maximum Gasteiger partial charge on any atom is 0.265 e. The van der Waals surface area contributed by atoms with E-state index in [0.717, 1.165) is 43.8 Å². The topological polar surface area (TPSA) is 80.3 Å². The summed E-state index contributed by atoms with van der Waals surface area (Å²) in [6, 6.07) is 15.1.